The second kappa shape index (κ2) is 22.1. The third-order valence-electron chi connectivity index (χ3n) is 9.65. The number of benzene rings is 1. The Morgan fingerprint density at radius 1 is 0.895 bits per heavy atom. The van der Waals surface area contributed by atoms with Crippen LogP contribution in [0.5, 0.6) is 5.75 Å². The molecule has 0 aromatic heterocycles. The second-order valence-electron chi connectivity index (χ2n) is 17.5. The zero-order chi connectivity index (χ0) is 43.1. The zero-order valence-corrected chi connectivity index (χ0v) is 35.1. The predicted molar refractivity (Wildman–Crippen MR) is 217 cm³/mol. The number of phenols is 1. The van der Waals surface area contributed by atoms with Gasteiger partial charge in [0.1, 0.15) is 36.0 Å². The van der Waals surface area contributed by atoms with Gasteiger partial charge in [-0.25, -0.2) is 4.79 Å². The van der Waals surface area contributed by atoms with Gasteiger partial charge in [0.2, 0.25) is 29.5 Å². The van der Waals surface area contributed by atoms with Crippen LogP contribution in [0.4, 0.5) is 0 Å². The third-order valence-corrected chi connectivity index (χ3v) is 9.65. The minimum Gasteiger partial charge on any atom is -0.508 e. The molecule has 57 heavy (non-hydrogen) atoms. The molecule has 10 N–H and O–H groups in total. The molecule has 1 aliphatic rings. The van der Waals surface area contributed by atoms with Crippen molar-refractivity contribution >= 4 is 41.5 Å². The molecule has 320 valence electrons. The highest BCUT2D eigenvalue weighted by Crippen LogP contribution is 2.23. The summed E-state index contributed by atoms with van der Waals surface area (Å²) in [6.45, 7) is 10.2. The van der Waals surface area contributed by atoms with Crippen LogP contribution < -0.4 is 32.7 Å². The highest BCUT2D eigenvalue weighted by molar-refractivity contribution is 5.96. The van der Waals surface area contributed by atoms with Crippen LogP contribution in [0.1, 0.15) is 91.5 Å². The number of carbonyl (C=O) groups is 6. The number of likely N-dealkylation sites (tertiary alicyclic amines) is 1. The Hall–Kier alpha value is -4.93. The van der Waals surface area contributed by atoms with Gasteiger partial charge >= 0.3 is 5.97 Å². The number of quaternary nitrogens is 1. The van der Waals surface area contributed by atoms with Crippen molar-refractivity contribution in [3.63, 3.8) is 0 Å². The maximum absolute atomic E-state index is 14.1. The molecule has 1 aliphatic heterocycles. The van der Waals surface area contributed by atoms with Gasteiger partial charge in [0.25, 0.3) is 0 Å². The minimum absolute atomic E-state index is 0.00634. The first-order valence-corrected chi connectivity index (χ1v) is 19.9. The normalized spacial score (nSPS) is 16.5. The lowest BCUT2D eigenvalue weighted by Crippen LogP contribution is -2.61. The number of hydrogen-bond acceptors (Lipinski definition) is 8. The van der Waals surface area contributed by atoms with Crippen LogP contribution in [0, 0.1) is 11.3 Å². The Labute approximate surface area is 337 Å². The Balaban J connectivity index is 2.34. The Bertz CT molecular complexity index is 1550. The van der Waals surface area contributed by atoms with Crippen molar-refractivity contribution in [1.29, 1.82) is 0 Å². The molecule has 5 amide bonds. The molecule has 1 heterocycles. The summed E-state index contributed by atoms with van der Waals surface area (Å²) in [7, 11) is 6.22. The fourth-order valence-corrected chi connectivity index (χ4v) is 6.61. The van der Waals surface area contributed by atoms with E-state index in [1.807, 2.05) is 13.8 Å². The summed E-state index contributed by atoms with van der Waals surface area (Å²) < 4.78 is 0.765. The number of carboxylic acid groups (broad SMARTS) is 1. The van der Waals surface area contributed by atoms with Crippen LogP contribution in [-0.4, -0.2) is 132 Å². The lowest BCUT2D eigenvalue weighted by atomic mass is 9.85. The fraction of sp³-hybridized carbons (Fsp3) is 0.675. The molecule has 1 aromatic rings. The Morgan fingerprint density at radius 2 is 1.54 bits per heavy atom. The van der Waals surface area contributed by atoms with E-state index >= 15 is 0 Å². The Kier molecular flexibility index (Phi) is 18.7. The first-order valence-electron chi connectivity index (χ1n) is 19.9. The van der Waals surface area contributed by atoms with Crippen LogP contribution >= 0.6 is 0 Å². The summed E-state index contributed by atoms with van der Waals surface area (Å²) in [5.41, 5.74) is 10.7. The van der Waals surface area contributed by atoms with Gasteiger partial charge in [-0.1, -0.05) is 46.8 Å². The molecule has 0 saturated carbocycles. The van der Waals surface area contributed by atoms with Crippen LogP contribution in [0.15, 0.2) is 29.3 Å². The van der Waals surface area contributed by atoms with E-state index in [0.29, 0.717) is 31.2 Å². The van der Waals surface area contributed by atoms with E-state index in [2.05, 4.69) is 47.4 Å². The number of carbonyl (C=O) groups excluding carboxylic acids is 5. The number of nitrogens with two attached hydrogens (primary N) is 2. The number of unbranched alkanes of at least 4 members (excludes halogenated alkanes) is 1. The van der Waals surface area contributed by atoms with Crippen LogP contribution in [0.3, 0.4) is 0 Å². The summed E-state index contributed by atoms with van der Waals surface area (Å²) in [6.07, 6.45) is 3.30. The third kappa shape index (κ3) is 17.4. The molecule has 1 aromatic carbocycles. The molecule has 0 radical (unpaired) electrons. The second-order valence-corrected chi connectivity index (χ2v) is 17.5. The number of carboxylic acids is 1. The molecule has 1 fully saturated rings. The monoisotopic (exact) mass is 803 g/mol. The molecule has 0 aliphatic carbocycles. The number of hydrogen-bond donors (Lipinski definition) is 8. The average Bonchev–Trinajstić information content (AvgIpc) is 3.59. The van der Waals surface area contributed by atoms with Crippen LogP contribution in [0.25, 0.3) is 0 Å². The van der Waals surface area contributed by atoms with Gasteiger partial charge in [-0.15, -0.1) is 0 Å². The average molecular weight is 803 g/mol. The predicted octanol–water partition coefficient (Wildman–Crippen LogP) is 0.972. The lowest BCUT2D eigenvalue weighted by Gasteiger charge is -2.33. The van der Waals surface area contributed by atoms with E-state index in [1.165, 1.54) is 17.0 Å². The van der Waals surface area contributed by atoms with E-state index in [-0.39, 0.29) is 62.3 Å². The molecule has 0 bridgehead atoms. The summed E-state index contributed by atoms with van der Waals surface area (Å²) in [6, 6.07) is 0.607. The number of aliphatic carboxylic acids is 1. The van der Waals surface area contributed by atoms with E-state index in [4.69, 9.17) is 11.5 Å². The lowest BCUT2D eigenvalue weighted by molar-refractivity contribution is -0.870. The van der Waals surface area contributed by atoms with Crippen LogP contribution in [0.2, 0.25) is 0 Å². The molecule has 0 spiro atoms. The summed E-state index contributed by atoms with van der Waals surface area (Å²) in [4.78, 5) is 86.3. The standard InChI is InChI=1S/C40H67N9O8/c1-25(2)23-30(38(56)57)46-36(54)33(40(3,4)5)47-34(52)29(24-26-16-18-27(50)19-17-26)45-35(53)31-14-12-21-48(31)37(55)28(13-11-20-43-39(41)42)44-32(51)15-9-10-22-49(6,7)8/h16-19,25,28-31,33H,9-15,20-24H2,1-8H3,(H9-,41,42,43,44,45,46,47,50,51,52,53,54,56,57)/p+1/t28-,29-,30-,31-,33+/m0/s1. The molecular formula is C40H68N9O8+. The van der Waals surface area contributed by atoms with Crippen molar-refractivity contribution in [2.45, 2.75) is 123 Å². The largest absolute Gasteiger partial charge is 0.508 e. The molecule has 1 saturated heterocycles. The number of rotatable bonds is 22. The van der Waals surface area contributed by atoms with E-state index < -0.39 is 65.2 Å². The molecular weight excluding hydrogens is 734 g/mol. The topological polar surface area (TPSA) is 259 Å². The number of aromatic hydroxyl groups is 1. The Morgan fingerprint density at radius 3 is 2.11 bits per heavy atom. The van der Waals surface area contributed by atoms with Gasteiger partial charge in [-0.3, -0.25) is 29.0 Å². The number of amides is 5. The first-order chi connectivity index (χ1) is 26.5. The van der Waals surface area contributed by atoms with Gasteiger partial charge in [0, 0.05) is 25.9 Å². The van der Waals surface area contributed by atoms with E-state index in [1.54, 1.807) is 32.9 Å². The SMILES string of the molecule is CC(C)C[C@H](NC(=O)[C@@H](NC(=O)[C@H](Cc1ccc(O)cc1)NC(=O)[C@@H]1CCCN1C(=O)[C@H](CCCN=C(N)N)NC(=O)CCCC[N+](C)(C)C)C(C)(C)C)C(=O)O. The van der Waals surface area contributed by atoms with Crippen LogP contribution in [-0.2, 0) is 35.2 Å². The quantitative estimate of drug-likeness (QED) is 0.0357. The van der Waals surface area contributed by atoms with Gasteiger partial charge < -0.3 is 52.3 Å². The summed E-state index contributed by atoms with van der Waals surface area (Å²) >= 11 is 0. The van der Waals surface area contributed by atoms with E-state index in [9.17, 15) is 39.0 Å². The molecule has 5 atom stereocenters. The summed E-state index contributed by atoms with van der Waals surface area (Å²) in [5.74, 6) is -4.01. The molecule has 0 unspecified atom stereocenters. The first kappa shape index (κ1) is 48.2. The van der Waals surface area contributed by atoms with Gasteiger partial charge in [-0.2, -0.15) is 0 Å². The number of guanidine groups is 1. The zero-order valence-electron chi connectivity index (χ0n) is 35.1. The number of phenolic OH excluding ortho intramolecular Hbond substituents is 1. The fourth-order valence-electron chi connectivity index (χ4n) is 6.61. The van der Waals surface area contributed by atoms with Crippen molar-refractivity contribution in [2.75, 3.05) is 40.8 Å². The molecule has 17 nitrogen and oxygen atoms in total. The van der Waals surface area contributed by atoms with Gasteiger partial charge in [-0.05, 0) is 74.0 Å². The highest BCUT2D eigenvalue weighted by Gasteiger charge is 2.40. The highest BCUT2D eigenvalue weighted by atomic mass is 16.4. The van der Waals surface area contributed by atoms with Crippen molar-refractivity contribution < 1.29 is 43.5 Å². The summed E-state index contributed by atoms with van der Waals surface area (Å²) in [5, 5.41) is 30.6. The molecule has 2 rings (SSSR count). The number of nitrogens with zero attached hydrogens (tertiary/aromatic N) is 3. The molecule has 17 heteroatoms. The number of aliphatic imine (C=N–C) groups is 1. The maximum atomic E-state index is 14.1. The minimum atomic E-state index is -1.23. The van der Waals surface area contributed by atoms with Crippen molar-refractivity contribution in [1.82, 2.24) is 26.2 Å². The van der Waals surface area contributed by atoms with Crippen molar-refractivity contribution in [2.24, 2.45) is 27.8 Å². The van der Waals surface area contributed by atoms with Crippen molar-refractivity contribution in [3.05, 3.63) is 29.8 Å². The smallest absolute Gasteiger partial charge is 0.326 e. The van der Waals surface area contributed by atoms with Gasteiger partial charge in [0.15, 0.2) is 5.96 Å². The maximum Gasteiger partial charge on any atom is 0.326 e. The van der Waals surface area contributed by atoms with Gasteiger partial charge in [0.05, 0.1) is 27.7 Å². The van der Waals surface area contributed by atoms with E-state index in [0.717, 1.165) is 17.4 Å². The van der Waals surface area contributed by atoms with Crippen molar-refractivity contribution in [3.8, 4) is 5.75 Å². The number of nitrogens with one attached hydrogen (secondary N) is 4.